The molecule has 3 heterocycles. The lowest BCUT2D eigenvalue weighted by Crippen LogP contribution is -2.44. The molecule has 8 nitrogen and oxygen atoms in total. The highest BCUT2D eigenvalue weighted by atomic mass is 32.2. The van der Waals surface area contributed by atoms with Gasteiger partial charge in [-0.25, -0.2) is 22.8 Å². The van der Waals surface area contributed by atoms with Crippen molar-refractivity contribution < 1.29 is 22.1 Å². The van der Waals surface area contributed by atoms with Gasteiger partial charge in [0.15, 0.2) is 11.6 Å². The van der Waals surface area contributed by atoms with Gasteiger partial charge in [0.25, 0.3) is 0 Å². The van der Waals surface area contributed by atoms with E-state index in [1.165, 1.54) is 4.31 Å². The average molecular weight is 356 g/mol. The third-order valence-corrected chi connectivity index (χ3v) is 5.89. The molecule has 1 aliphatic rings. The summed E-state index contributed by atoms with van der Waals surface area (Å²) in [5.74, 6) is -0.300. The molecule has 0 bridgehead atoms. The van der Waals surface area contributed by atoms with Gasteiger partial charge < -0.3 is 9.26 Å². The van der Waals surface area contributed by atoms with Crippen molar-refractivity contribution >= 4 is 10.0 Å². The maximum absolute atomic E-state index is 12.8. The highest BCUT2D eigenvalue weighted by molar-refractivity contribution is 7.89. The topological polar surface area (TPSA) is 98.4 Å². The Labute approximate surface area is 138 Å². The Balaban J connectivity index is 1.77. The van der Waals surface area contributed by atoms with Gasteiger partial charge in [0.05, 0.1) is 18.9 Å². The Kier molecular flexibility index (Phi) is 4.50. The molecule has 0 aliphatic carbocycles. The summed E-state index contributed by atoms with van der Waals surface area (Å²) in [4.78, 5) is 7.57. The summed E-state index contributed by atoms with van der Waals surface area (Å²) in [6.07, 6.45) is 2.90. The molecule has 0 spiro atoms. The van der Waals surface area contributed by atoms with E-state index in [2.05, 4.69) is 15.1 Å². The molecule has 1 saturated heterocycles. The van der Waals surface area contributed by atoms with Crippen molar-refractivity contribution in [3.05, 3.63) is 29.7 Å². The third-order valence-electron chi connectivity index (χ3n) is 3.78. The van der Waals surface area contributed by atoms with Gasteiger partial charge in [-0.05, 0) is 26.7 Å². The standard InChI is InChI=1S/C14H17FN4O4S/c1-9-13(10(2)23-18-9)24(20,21)19-5-3-4-12(8-19)22-14-16-6-11(15)7-17-14/h6-7,12H,3-5,8H2,1-2H3. The van der Waals surface area contributed by atoms with Crippen LogP contribution >= 0.6 is 0 Å². The van der Waals surface area contributed by atoms with Crippen LogP contribution in [0.2, 0.25) is 0 Å². The molecule has 3 rings (SSSR count). The summed E-state index contributed by atoms with van der Waals surface area (Å²) in [7, 11) is -3.72. The molecular formula is C14H17FN4O4S. The lowest BCUT2D eigenvalue weighted by atomic mass is 10.1. The monoisotopic (exact) mass is 356 g/mol. The van der Waals surface area contributed by atoms with Crippen molar-refractivity contribution in [2.75, 3.05) is 13.1 Å². The van der Waals surface area contributed by atoms with Crippen molar-refractivity contribution in [3.63, 3.8) is 0 Å². The van der Waals surface area contributed by atoms with E-state index in [0.29, 0.717) is 25.1 Å². The van der Waals surface area contributed by atoms with E-state index in [0.717, 1.165) is 12.4 Å². The van der Waals surface area contributed by atoms with Gasteiger partial charge in [-0.1, -0.05) is 5.16 Å². The van der Waals surface area contributed by atoms with Crippen LogP contribution in [0.5, 0.6) is 6.01 Å². The molecule has 2 aromatic heterocycles. The SMILES string of the molecule is Cc1noc(C)c1S(=O)(=O)N1CCCC(Oc2ncc(F)cn2)C1. The number of sulfonamides is 1. The van der Waals surface area contributed by atoms with Crippen LogP contribution < -0.4 is 4.74 Å². The Bertz CT molecular complexity index is 802. The molecule has 0 N–H and O–H groups in total. The Morgan fingerprint density at radius 1 is 1.33 bits per heavy atom. The van der Waals surface area contributed by atoms with E-state index in [-0.39, 0.29) is 23.2 Å². The zero-order chi connectivity index (χ0) is 17.3. The maximum atomic E-state index is 12.8. The molecule has 1 atom stereocenters. The molecule has 0 saturated carbocycles. The van der Waals surface area contributed by atoms with Crippen LogP contribution in [0, 0.1) is 19.7 Å². The van der Waals surface area contributed by atoms with Crippen LogP contribution in [0.1, 0.15) is 24.3 Å². The lowest BCUT2D eigenvalue weighted by Gasteiger charge is -2.31. The van der Waals surface area contributed by atoms with Crippen molar-refractivity contribution in [1.29, 1.82) is 0 Å². The minimum absolute atomic E-state index is 0.0259. The van der Waals surface area contributed by atoms with E-state index in [4.69, 9.17) is 9.26 Å². The predicted octanol–water partition coefficient (Wildman–Crippen LogP) is 1.45. The number of hydrogen-bond acceptors (Lipinski definition) is 7. The number of hydrogen-bond donors (Lipinski definition) is 0. The minimum atomic E-state index is -3.72. The molecule has 130 valence electrons. The molecule has 1 aliphatic heterocycles. The summed E-state index contributed by atoms with van der Waals surface area (Å²) < 4.78 is 50.4. The van der Waals surface area contributed by atoms with Gasteiger partial charge in [0, 0.05) is 6.54 Å². The first kappa shape index (κ1) is 16.8. The van der Waals surface area contributed by atoms with Gasteiger partial charge in [-0.15, -0.1) is 0 Å². The number of halogens is 1. The highest BCUT2D eigenvalue weighted by Crippen LogP contribution is 2.26. The molecule has 1 unspecified atom stereocenters. The van der Waals surface area contributed by atoms with E-state index in [1.54, 1.807) is 13.8 Å². The largest absolute Gasteiger partial charge is 0.459 e. The van der Waals surface area contributed by atoms with Crippen molar-refractivity contribution in [2.24, 2.45) is 0 Å². The Morgan fingerprint density at radius 2 is 2.04 bits per heavy atom. The van der Waals surface area contributed by atoms with Crippen LogP contribution in [0.3, 0.4) is 0 Å². The van der Waals surface area contributed by atoms with Crippen LogP contribution in [0.4, 0.5) is 4.39 Å². The maximum Gasteiger partial charge on any atom is 0.316 e. The lowest BCUT2D eigenvalue weighted by molar-refractivity contribution is 0.119. The van der Waals surface area contributed by atoms with Crippen molar-refractivity contribution in [2.45, 2.75) is 37.7 Å². The van der Waals surface area contributed by atoms with E-state index in [1.807, 2.05) is 0 Å². The van der Waals surface area contributed by atoms with Gasteiger partial charge in [0.2, 0.25) is 10.0 Å². The Hall–Kier alpha value is -2.07. The second-order valence-corrected chi connectivity index (χ2v) is 7.46. The molecule has 0 amide bonds. The first-order valence-corrected chi connectivity index (χ1v) is 8.89. The first-order valence-electron chi connectivity index (χ1n) is 7.45. The van der Waals surface area contributed by atoms with E-state index < -0.39 is 21.9 Å². The van der Waals surface area contributed by atoms with E-state index in [9.17, 15) is 12.8 Å². The van der Waals surface area contributed by atoms with Gasteiger partial charge in [-0.3, -0.25) is 0 Å². The third kappa shape index (κ3) is 3.24. The fourth-order valence-electron chi connectivity index (χ4n) is 2.70. The average Bonchev–Trinajstić information content (AvgIpc) is 2.89. The number of ether oxygens (including phenoxy) is 1. The van der Waals surface area contributed by atoms with Gasteiger partial charge >= 0.3 is 6.01 Å². The normalized spacial score (nSPS) is 19.4. The number of piperidine rings is 1. The summed E-state index contributed by atoms with van der Waals surface area (Å²) in [6, 6.07) is 0.0259. The molecule has 0 radical (unpaired) electrons. The van der Waals surface area contributed by atoms with Gasteiger partial charge in [-0.2, -0.15) is 4.31 Å². The smallest absolute Gasteiger partial charge is 0.316 e. The molecule has 1 fully saturated rings. The van der Waals surface area contributed by atoms with Crippen LogP contribution in [0.25, 0.3) is 0 Å². The number of aromatic nitrogens is 3. The number of aryl methyl sites for hydroxylation is 2. The fraction of sp³-hybridized carbons (Fsp3) is 0.500. The number of nitrogens with zero attached hydrogens (tertiary/aromatic N) is 4. The van der Waals surface area contributed by atoms with E-state index >= 15 is 0 Å². The molecule has 0 aromatic carbocycles. The zero-order valence-corrected chi connectivity index (χ0v) is 14.1. The zero-order valence-electron chi connectivity index (χ0n) is 13.3. The summed E-state index contributed by atoms with van der Waals surface area (Å²) in [5, 5.41) is 3.70. The second-order valence-electron chi connectivity index (χ2n) is 5.58. The van der Waals surface area contributed by atoms with Crippen LogP contribution in [-0.4, -0.2) is 47.0 Å². The second kappa shape index (κ2) is 6.44. The Morgan fingerprint density at radius 3 is 2.67 bits per heavy atom. The predicted molar refractivity (Wildman–Crippen MR) is 80.4 cm³/mol. The van der Waals surface area contributed by atoms with Gasteiger partial charge in [0.1, 0.15) is 16.7 Å². The summed E-state index contributed by atoms with van der Waals surface area (Å²) in [6.45, 7) is 3.70. The molecule has 2 aromatic rings. The number of rotatable bonds is 4. The minimum Gasteiger partial charge on any atom is -0.459 e. The quantitative estimate of drug-likeness (QED) is 0.817. The molecular weight excluding hydrogens is 339 g/mol. The molecule has 10 heteroatoms. The highest BCUT2D eigenvalue weighted by Gasteiger charge is 2.35. The van der Waals surface area contributed by atoms with Crippen LogP contribution in [-0.2, 0) is 10.0 Å². The fourth-order valence-corrected chi connectivity index (χ4v) is 4.50. The summed E-state index contributed by atoms with van der Waals surface area (Å²) >= 11 is 0. The van der Waals surface area contributed by atoms with Crippen molar-refractivity contribution in [1.82, 2.24) is 19.4 Å². The van der Waals surface area contributed by atoms with Crippen molar-refractivity contribution in [3.8, 4) is 6.01 Å². The molecule has 24 heavy (non-hydrogen) atoms. The first-order chi connectivity index (χ1) is 11.4. The van der Waals surface area contributed by atoms with Crippen LogP contribution in [0.15, 0.2) is 21.8 Å². The summed E-state index contributed by atoms with van der Waals surface area (Å²) in [5.41, 5.74) is 0.331.